The van der Waals surface area contributed by atoms with Crippen LogP contribution in [0.5, 0.6) is 0 Å². The molecule has 1 aromatic carbocycles. The summed E-state index contributed by atoms with van der Waals surface area (Å²) < 4.78 is 113. The SMILES string of the molecule is O=C(Nc1ccccc1)C(F)(F)C(F)(F)C(F)(F)C(F)(F)F. The van der Waals surface area contributed by atoms with Crippen LogP contribution in [0.15, 0.2) is 30.3 Å². The van der Waals surface area contributed by atoms with E-state index in [-0.39, 0.29) is 0 Å². The second-order valence-electron chi connectivity index (χ2n) is 4.04. The first-order valence-electron chi connectivity index (χ1n) is 5.32. The van der Waals surface area contributed by atoms with Crippen molar-refractivity contribution < 1.29 is 44.3 Å². The number of carbonyl (C=O) groups is 1. The van der Waals surface area contributed by atoms with E-state index in [2.05, 4.69) is 0 Å². The molecule has 0 heterocycles. The zero-order chi connectivity index (χ0) is 17.4. The Morgan fingerprint density at radius 3 is 1.64 bits per heavy atom. The minimum atomic E-state index is -7.10. The summed E-state index contributed by atoms with van der Waals surface area (Å²) in [6, 6.07) is 5.58. The van der Waals surface area contributed by atoms with Crippen LogP contribution in [0.2, 0.25) is 0 Å². The molecular formula is C11H6F9NO. The Morgan fingerprint density at radius 2 is 1.23 bits per heavy atom. The highest BCUT2D eigenvalue weighted by molar-refractivity contribution is 5.97. The molecule has 1 aromatic rings. The summed E-state index contributed by atoms with van der Waals surface area (Å²) in [5.74, 6) is -23.4. The summed E-state index contributed by atoms with van der Waals surface area (Å²) in [7, 11) is 0. The molecule has 0 aromatic heterocycles. The van der Waals surface area contributed by atoms with Gasteiger partial charge in [-0.15, -0.1) is 0 Å². The average molecular weight is 339 g/mol. The second kappa shape index (κ2) is 5.36. The maximum Gasteiger partial charge on any atom is 0.460 e. The van der Waals surface area contributed by atoms with Gasteiger partial charge in [0.25, 0.3) is 0 Å². The van der Waals surface area contributed by atoms with Crippen molar-refractivity contribution >= 4 is 11.6 Å². The minimum Gasteiger partial charge on any atom is -0.321 e. The van der Waals surface area contributed by atoms with E-state index < -0.39 is 35.5 Å². The first-order chi connectivity index (χ1) is 9.75. The number of alkyl halides is 9. The van der Waals surface area contributed by atoms with Gasteiger partial charge < -0.3 is 5.32 Å². The molecule has 0 spiro atoms. The van der Waals surface area contributed by atoms with E-state index in [9.17, 15) is 44.3 Å². The Bertz CT molecular complexity index is 538. The number of benzene rings is 1. The maximum absolute atomic E-state index is 13.2. The van der Waals surface area contributed by atoms with Gasteiger partial charge >= 0.3 is 29.9 Å². The van der Waals surface area contributed by atoms with Gasteiger partial charge in [-0.3, -0.25) is 4.79 Å². The minimum absolute atomic E-state index is 0.488. The molecule has 2 nitrogen and oxygen atoms in total. The van der Waals surface area contributed by atoms with Gasteiger partial charge in [0.2, 0.25) is 0 Å². The van der Waals surface area contributed by atoms with Crippen molar-refractivity contribution in [2.45, 2.75) is 23.9 Å². The number of hydrogen-bond acceptors (Lipinski definition) is 1. The van der Waals surface area contributed by atoms with Crippen LogP contribution in [0.1, 0.15) is 0 Å². The highest BCUT2D eigenvalue weighted by Gasteiger charge is 2.83. The molecule has 11 heteroatoms. The molecule has 0 unspecified atom stereocenters. The van der Waals surface area contributed by atoms with Crippen LogP contribution < -0.4 is 5.32 Å². The molecule has 22 heavy (non-hydrogen) atoms. The predicted octanol–water partition coefficient (Wildman–Crippen LogP) is 4.09. The van der Waals surface area contributed by atoms with Crippen LogP contribution in [-0.4, -0.2) is 29.9 Å². The Labute approximate surface area is 116 Å². The fourth-order valence-corrected chi connectivity index (χ4v) is 1.25. The number of carbonyl (C=O) groups excluding carboxylic acids is 1. The molecule has 1 amide bonds. The zero-order valence-electron chi connectivity index (χ0n) is 10.2. The van der Waals surface area contributed by atoms with Gasteiger partial charge in [-0.25, -0.2) is 0 Å². The van der Waals surface area contributed by atoms with E-state index in [4.69, 9.17) is 0 Å². The molecule has 1 N–H and O–H groups in total. The fourth-order valence-electron chi connectivity index (χ4n) is 1.25. The number of amides is 1. The topological polar surface area (TPSA) is 29.1 Å². The molecule has 0 aliphatic rings. The van der Waals surface area contributed by atoms with Crippen LogP contribution in [0, 0.1) is 0 Å². The fraction of sp³-hybridized carbons (Fsp3) is 0.364. The molecule has 0 aliphatic heterocycles. The molecule has 0 radical (unpaired) electrons. The van der Waals surface area contributed by atoms with E-state index in [0.29, 0.717) is 0 Å². The third-order valence-electron chi connectivity index (χ3n) is 2.46. The zero-order valence-corrected chi connectivity index (χ0v) is 10.2. The lowest BCUT2D eigenvalue weighted by Gasteiger charge is -2.32. The van der Waals surface area contributed by atoms with Gasteiger partial charge in [0, 0.05) is 5.69 Å². The van der Waals surface area contributed by atoms with E-state index >= 15 is 0 Å². The number of nitrogens with one attached hydrogen (secondary N) is 1. The molecule has 0 saturated heterocycles. The van der Waals surface area contributed by atoms with E-state index in [1.54, 1.807) is 0 Å². The Kier molecular flexibility index (Phi) is 4.41. The van der Waals surface area contributed by atoms with Gasteiger partial charge in [-0.05, 0) is 12.1 Å². The standard InChI is InChI=1S/C11H6F9NO/c12-8(13,7(22)21-6-4-2-1-3-5-6)9(14,15)10(16,17)11(18,19)20/h1-5H,(H,21,22). The maximum atomic E-state index is 13.2. The quantitative estimate of drug-likeness (QED) is 0.823. The van der Waals surface area contributed by atoms with Crippen LogP contribution >= 0.6 is 0 Å². The van der Waals surface area contributed by atoms with Crippen molar-refractivity contribution in [3.8, 4) is 0 Å². The average Bonchev–Trinajstić information content (AvgIpc) is 2.38. The molecule has 124 valence electrons. The summed E-state index contributed by atoms with van der Waals surface area (Å²) in [5.41, 5.74) is -0.488. The van der Waals surface area contributed by atoms with Gasteiger partial charge in [0.05, 0.1) is 0 Å². The number of rotatable bonds is 4. The van der Waals surface area contributed by atoms with E-state index in [0.717, 1.165) is 17.4 Å². The van der Waals surface area contributed by atoms with Gasteiger partial charge in [0.1, 0.15) is 0 Å². The van der Waals surface area contributed by atoms with Crippen LogP contribution in [-0.2, 0) is 4.79 Å². The predicted molar refractivity (Wildman–Crippen MR) is 56.0 cm³/mol. The molecule has 1 rings (SSSR count). The highest BCUT2D eigenvalue weighted by Crippen LogP contribution is 2.53. The first kappa shape index (κ1) is 18.1. The first-order valence-corrected chi connectivity index (χ1v) is 5.32. The summed E-state index contributed by atoms with van der Waals surface area (Å²) in [5, 5.41) is 1.14. The number of hydrogen-bond donors (Lipinski definition) is 1. The monoisotopic (exact) mass is 339 g/mol. The Hall–Kier alpha value is -1.94. The summed E-state index contributed by atoms with van der Waals surface area (Å²) >= 11 is 0. The Balaban J connectivity index is 3.13. The molecule has 0 fully saturated rings. The summed E-state index contributed by atoms with van der Waals surface area (Å²) in [6.45, 7) is 0. The van der Waals surface area contributed by atoms with Crippen molar-refractivity contribution in [1.29, 1.82) is 0 Å². The molecule has 0 atom stereocenters. The number of para-hydroxylation sites is 1. The van der Waals surface area contributed by atoms with Gasteiger partial charge in [-0.2, -0.15) is 39.5 Å². The molecule has 0 bridgehead atoms. The third kappa shape index (κ3) is 2.83. The lowest BCUT2D eigenvalue weighted by molar-refractivity contribution is -0.388. The normalized spacial score (nSPS) is 13.9. The molecule has 0 aliphatic carbocycles. The lowest BCUT2D eigenvalue weighted by Crippen LogP contribution is -2.64. The molecular weight excluding hydrogens is 333 g/mol. The van der Waals surface area contributed by atoms with Crippen molar-refractivity contribution in [3.63, 3.8) is 0 Å². The number of anilines is 1. The van der Waals surface area contributed by atoms with Gasteiger partial charge in [-0.1, -0.05) is 18.2 Å². The van der Waals surface area contributed by atoms with E-state index in [1.807, 2.05) is 0 Å². The largest absolute Gasteiger partial charge is 0.460 e. The third-order valence-corrected chi connectivity index (χ3v) is 2.46. The van der Waals surface area contributed by atoms with Crippen LogP contribution in [0.4, 0.5) is 45.2 Å². The van der Waals surface area contributed by atoms with Crippen LogP contribution in [0.25, 0.3) is 0 Å². The van der Waals surface area contributed by atoms with Crippen molar-refractivity contribution in [1.82, 2.24) is 0 Å². The summed E-state index contributed by atoms with van der Waals surface area (Å²) in [4.78, 5) is 11.0. The second-order valence-corrected chi connectivity index (χ2v) is 4.04. The van der Waals surface area contributed by atoms with Gasteiger partial charge in [0.15, 0.2) is 0 Å². The Morgan fingerprint density at radius 1 is 0.773 bits per heavy atom. The van der Waals surface area contributed by atoms with E-state index in [1.165, 1.54) is 18.2 Å². The van der Waals surface area contributed by atoms with Crippen molar-refractivity contribution in [3.05, 3.63) is 30.3 Å². The number of halogens is 9. The highest BCUT2D eigenvalue weighted by atomic mass is 19.4. The van der Waals surface area contributed by atoms with Crippen molar-refractivity contribution in [2.75, 3.05) is 5.32 Å². The smallest absolute Gasteiger partial charge is 0.321 e. The molecule has 0 saturated carbocycles. The summed E-state index contributed by atoms with van der Waals surface area (Å²) in [6.07, 6.45) is -6.97. The lowest BCUT2D eigenvalue weighted by atomic mass is 10.0. The van der Waals surface area contributed by atoms with Crippen LogP contribution in [0.3, 0.4) is 0 Å². The van der Waals surface area contributed by atoms with Crippen molar-refractivity contribution in [2.24, 2.45) is 0 Å².